The van der Waals surface area contributed by atoms with Crippen LogP contribution in [0.2, 0.25) is 0 Å². The van der Waals surface area contributed by atoms with Crippen LogP contribution in [-0.2, 0) is 11.2 Å². The first-order valence-electron chi connectivity index (χ1n) is 7.19. The minimum absolute atomic E-state index is 0.153. The maximum atomic E-state index is 11.8. The van der Waals surface area contributed by atoms with E-state index in [2.05, 4.69) is 22.8 Å². The molecule has 0 bridgehead atoms. The molecule has 0 saturated heterocycles. The number of carbonyl (C=O) groups is 1. The number of aliphatic hydroxyl groups excluding tert-OH is 1. The summed E-state index contributed by atoms with van der Waals surface area (Å²) >= 11 is 1.75. The highest BCUT2D eigenvalue weighted by molar-refractivity contribution is 7.09. The number of aryl methyl sites for hydroxylation is 1. The fourth-order valence-electron chi connectivity index (χ4n) is 2.83. The van der Waals surface area contributed by atoms with E-state index in [-0.39, 0.29) is 12.5 Å². The van der Waals surface area contributed by atoms with Crippen molar-refractivity contribution in [1.29, 1.82) is 0 Å². The highest BCUT2D eigenvalue weighted by Gasteiger charge is 2.26. The Bertz CT molecular complexity index is 378. The molecule has 1 amide bonds. The van der Waals surface area contributed by atoms with Crippen molar-refractivity contribution in [2.45, 2.75) is 38.5 Å². The van der Waals surface area contributed by atoms with E-state index in [4.69, 9.17) is 0 Å². The van der Waals surface area contributed by atoms with E-state index in [1.807, 2.05) is 0 Å². The Morgan fingerprint density at radius 1 is 1.42 bits per heavy atom. The Morgan fingerprint density at radius 3 is 3.00 bits per heavy atom. The number of hydrogen-bond acceptors (Lipinski definition) is 3. The van der Waals surface area contributed by atoms with Crippen molar-refractivity contribution >= 4 is 17.2 Å². The molecule has 1 fully saturated rings. The van der Waals surface area contributed by atoms with Gasteiger partial charge in [-0.15, -0.1) is 11.3 Å². The van der Waals surface area contributed by atoms with Gasteiger partial charge in [0, 0.05) is 24.4 Å². The summed E-state index contributed by atoms with van der Waals surface area (Å²) in [6.45, 7) is 1.00. The van der Waals surface area contributed by atoms with Gasteiger partial charge in [0.2, 0.25) is 5.91 Å². The van der Waals surface area contributed by atoms with Crippen LogP contribution in [0.3, 0.4) is 0 Å². The third kappa shape index (κ3) is 4.62. The molecule has 1 aromatic heterocycles. The summed E-state index contributed by atoms with van der Waals surface area (Å²) in [5.41, 5.74) is 0. The lowest BCUT2D eigenvalue weighted by atomic mass is 9.97. The number of carbonyl (C=O) groups excluding carboxylic acids is 1. The topological polar surface area (TPSA) is 49.3 Å². The van der Waals surface area contributed by atoms with Crippen LogP contribution < -0.4 is 5.32 Å². The molecule has 1 aromatic rings. The fourth-order valence-corrected chi connectivity index (χ4v) is 3.59. The predicted octanol–water partition coefficient (Wildman–Crippen LogP) is 2.60. The first kappa shape index (κ1) is 14.5. The van der Waals surface area contributed by atoms with Crippen molar-refractivity contribution in [3.8, 4) is 0 Å². The Hall–Kier alpha value is -0.870. The molecular formula is C15H23NO2S. The van der Waals surface area contributed by atoms with Gasteiger partial charge >= 0.3 is 0 Å². The zero-order valence-corrected chi connectivity index (χ0v) is 12.1. The van der Waals surface area contributed by atoms with Gasteiger partial charge in [0.15, 0.2) is 0 Å². The Balaban J connectivity index is 1.59. The van der Waals surface area contributed by atoms with Crippen LogP contribution in [0.15, 0.2) is 17.5 Å². The maximum Gasteiger partial charge on any atom is 0.220 e. The third-order valence-electron chi connectivity index (χ3n) is 4.02. The number of nitrogens with one attached hydrogen (secondary N) is 1. The first-order valence-corrected chi connectivity index (χ1v) is 8.07. The molecule has 0 radical (unpaired) electrons. The quantitative estimate of drug-likeness (QED) is 0.807. The monoisotopic (exact) mass is 281 g/mol. The van der Waals surface area contributed by atoms with E-state index in [0.717, 1.165) is 32.2 Å². The van der Waals surface area contributed by atoms with Crippen molar-refractivity contribution < 1.29 is 9.90 Å². The first-order chi connectivity index (χ1) is 9.29. The molecule has 0 aromatic carbocycles. The predicted molar refractivity (Wildman–Crippen MR) is 78.2 cm³/mol. The van der Waals surface area contributed by atoms with Gasteiger partial charge in [-0.3, -0.25) is 4.79 Å². The summed E-state index contributed by atoms with van der Waals surface area (Å²) in [6.07, 6.45) is 5.95. The summed E-state index contributed by atoms with van der Waals surface area (Å²) in [5, 5.41) is 14.3. The number of thiophene rings is 1. The average molecular weight is 281 g/mol. The van der Waals surface area contributed by atoms with Gasteiger partial charge in [-0.1, -0.05) is 12.5 Å². The largest absolute Gasteiger partial charge is 0.396 e. The van der Waals surface area contributed by atoms with Crippen LogP contribution in [-0.4, -0.2) is 24.2 Å². The van der Waals surface area contributed by atoms with Gasteiger partial charge in [-0.2, -0.15) is 0 Å². The van der Waals surface area contributed by atoms with Gasteiger partial charge in [-0.05, 0) is 49.0 Å². The standard InChI is InChI=1S/C15H23NO2S/c17-11-13-5-1-4-12(13)10-16-15(18)8-2-6-14-7-3-9-19-14/h3,7,9,12-13,17H,1-2,4-6,8,10-11H2,(H,16,18). The van der Waals surface area contributed by atoms with Crippen molar-refractivity contribution in [3.05, 3.63) is 22.4 Å². The molecule has 2 N–H and O–H groups in total. The second-order valence-corrected chi connectivity index (χ2v) is 6.40. The second kappa shape index (κ2) is 7.65. The lowest BCUT2D eigenvalue weighted by Gasteiger charge is -2.17. The van der Waals surface area contributed by atoms with Crippen LogP contribution in [0.4, 0.5) is 0 Å². The van der Waals surface area contributed by atoms with Crippen molar-refractivity contribution in [1.82, 2.24) is 5.32 Å². The summed E-state index contributed by atoms with van der Waals surface area (Å²) in [7, 11) is 0. The maximum absolute atomic E-state index is 11.8. The van der Waals surface area contributed by atoms with Gasteiger partial charge in [0.1, 0.15) is 0 Å². The number of hydrogen-bond donors (Lipinski definition) is 2. The molecule has 106 valence electrons. The third-order valence-corrected chi connectivity index (χ3v) is 4.96. The minimum atomic E-state index is 0.153. The minimum Gasteiger partial charge on any atom is -0.396 e. The van der Waals surface area contributed by atoms with Crippen LogP contribution in [0.1, 0.15) is 37.0 Å². The smallest absolute Gasteiger partial charge is 0.220 e. The zero-order valence-electron chi connectivity index (χ0n) is 11.3. The molecule has 1 heterocycles. The molecule has 1 saturated carbocycles. The number of aliphatic hydroxyl groups is 1. The van der Waals surface area contributed by atoms with E-state index in [1.165, 1.54) is 11.3 Å². The molecule has 2 unspecified atom stereocenters. The van der Waals surface area contributed by atoms with Gasteiger partial charge in [-0.25, -0.2) is 0 Å². The van der Waals surface area contributed by atoms with Gasteiger partial charge in [0.25, 0.3) is 0 Å². The fraction of sp³-hybridized carbons (Fsp3) is 0.667. The summed E-state index contributed by atoms with van der Waals surface area (Å²) in [4.78, 5) is 13.1. The highest BCUT2D eigenvalue weighted by atomic mass is 32.1. The average Bonchev–Trinajstić information content (AvgIpc) is 3.07. The van der Waals surface area contributed by atoms with Crippen LogP contribution in [0, 0.1) is 11.8 Å². The molecule has 2 atom stereocenters. The van der Waals surface area contributed by atoms with Crippen LogP contribution in [0.25, 0.3) is 0 Å². The van der Waals surface area contributed by atoms with Gasteiger partial charge in [0.05, 0.1) is 0 Å². The SMILES string of the molecule is O=C(CCCc1cccs1)NCC1CCCC1CO. The molecule has 0 spiro atoms. The van der Waals surface area contributed by atoms with Crippen molar-refractivity contribution in [2.24, 2.45) is 11.8 Å². The lowest BCUT2D eigenvalue weighted by molar-refractivity contribution is -0.121. The summed E-state index contributed by atoms with van der Waals surface area (Å²) in [5.74, 6) is 1.03. The normalized spacial score (nSPS) is 22.6. The Morgan fingerprint density at radius 2 is 2.26 bits per heavy atom. The van der Waals surface area contributed by atoms with E-state index in [1.54, 1.807) is 11.3 Å². The molecule has 1 aliphatic rings. The molecule has 2 rings (SSSR count). The molecule has 19 heavy (non-hydrogen) atoms. The highest BCUT2D eigenvalue weighted by Crippen LogP contribution is 2.30. The zero-order chi connectivity index (χ0) is 13.5. The van der Waals surface area contributed by atoms with Crippen molar-refractivity contribution in [2.75, 3.05) is 13.2 Å². The van der Waals surface area contributed by atoms with Crippen LogP contribution in [0.5, 0.6) is 0 Å². The van der Waals surface area contributed by atoms with E-state index in [0.29, 0.717) is 18.3 Å². The lowest BCUT2D eigenvalue weighted by Crippen LogP contribution is -2.31. The summed E-state index contributed by atoms with van der Waals surface area (Å²) < 4.78 is 0. The van der Waals surface area contributed by atoms with Gasteiger partial charge < -0.3 is 10.4 Å². The molecule has 0 aliphatic heterocycles. The van der Waals surface area contributed by atoms with E-state index < -0.39 is 0 Å². The second-order valence-electron chi connectivity index (χ2n) is 5.37. The van der Waals surface area contributed by atoms with E-state index in [9.17, 15) is 9.90 Å². The number of amides is 1. The molecule has 1 aliphatic carbocycles. The number of rotatable bonds is 7. The molecule has 4 heteroatoms. The van der Waals surface area contributed by atoms with E-state index >= 15 is 0 Å². The molecular weight excluding hydrogens is 258 g/mol. The Labute approximate surface area is 119 Å². The van der Waals surface area contributed by atoms with Crippen molar-refractivity contribution in [3.63, 3.8) is 0 Å². The summed E-state index contributed by atoms with van der Waals surface area (Å²) in [6, 6.07) is 4.17. The molecule has 3 nitrogen and oxygen atoms in total. The Kier molecular flexibility index (Phi) is 5.86. The van der Waals surface area contributed by atoms with Crippen LogP contribution >= 0.6 is 11.3 Å².